The quantitative estimate of drug-likeness (QED) is 0.636. The zero-order chi connectivity index (χ0) is 20.4. The number of rotatable bonds is 7. The van der Waals surface area contributed by atoms with Gasteiger partial charge >= 0.3 is 0 Å². The van der Waals surface area contributed by atoms with Crippen LogP contribution in [-0.2, 0) is 11.3 Å². The predicted molar refractivity (Wildman–Crippen MR) is 108 cm³/mol. The van der Waals surface area contributed by atoms with E-state index in [4.69, 9.17) is 5.73 Å². The number of amides is 2. The van der Waals surface area contributed by atoms with Crippen LogP contribution in [0.3, 0.4) is 0 Å². The molecule has 0 radical (unpaired) electrons. The Morgan fingerprint density at radius 1 is 1.32 bits per heavy atom. The van der Waals surface area contributed by atoms with Crippen molar-refractivity contribution in [3.63, 3.8) is 0 Å². The molecule has 3 N–H and O–H groups in total. The number of benzene rings is 1. The molecule has 0 aliphatic rings. The molecule has 0 fully saturated rings. The molecule has 2 unspecified atom stereocenters. The number of aryl methyl sites for hydroxylation is 1. The van der Waals surface area contributed by atoms with Crippen LogP contribution in [0.25, 0.3) is 10.2 Å². The Morgan fingerprint density at radius 2 is 2.00 bits per heavy atom. The van der Waals surface area contributed by atoms with E-state index in [2.05, 4.69) is 10.4 Å². The molecule has 3 rings (SSSR count). The largest absolute Gasteiger partial charge is 0.368 e. The van der Waals surface area contributed by atoms with E-state index in [0.717, 1.165) is 27.9 Å². The minimum atomic E-state index is -0.709. The van der Waals surface area contributed by atoms with Gasteiger partial charge in [-0.2, -0.15) is 5.10 Å². The monoisotopic (exact) mass is 402 g/mol. The predicted octanol–water partition coefficient (Wildman–Crippen LogP) is 3.22. The van der Waals surface area contributed by atoms with Crippen LogP contribution in [0.4, 0.5) is 4.39 Å². The lowest BCUT2D eigenvalue weighted by molar-refractivity contribution is -0.120. The van der Waals surface area contributed by atoms with Crippen molar-refractivity contribution in [3.8, 4) is 0 Å². The van der Waals surface area contributed by atoms with E-state index in [-0.39, 0.29) is 17.6 Å². The topological polar surface area (TPSA) is 90.0 Å². The van der Waals surface area contributed by atoms with E-state index in [0.29, 0.717) is 11.4 Å². The number of nitrogens with two attached hydrogens (primary N) is 1. The van der Waals surface area contributed by atoms with Crippen molar-refractivity contribution in [2.75, 3.05) is 0 Å². The lowest BCUT2D eigenvalue weighted by Crippen LogP contribution is -2.48. The van der Waals surface area contributed by atoms with Crippen molar-refractivity contribution in [3.05, 3.63) is 52.3 Å². The average molecular weight is 402 g/mol. The maximum Gasteiger partial charge on any atom is 0.262 e. The molecule has 2 heterocycles. The highest BCUT2D eigenvalue weighted by Gasteiger charge is 2.25. The van der Waals surface area contributed by atoms with E-state index in [1.54, 1.807) is 22.9 Å². The molecule has 2 amide bonds. The van der Waals surface area contributed by atoms with Crippen LogP contribution in [0.15, 0.2) is 30.3 Å². The van der Waals surface area contributed by atoms with E-state index in [1.165, 1.54) is 23.5 Å². The van der Waals surface area contributed by atoms with Gasteiger partial charge in [-0.15, -0.1) is 11.3 Å². The minimum Gasteiger partial charge on any atom is -0.368 e. The van der Waals surface area contributed by atoms with Gasteiger partial charge in [0.05, 0.1) is 17.1 Å². The van der Waals surface area contributed by atoms with Crippen LogP contribution < -0.4 is 11.1 Å². The highest BCUT2D eigenvalue weighted by molar-refractivity contribution is 7.20. The molecule has 2 aromatic heterocycles. The molecular weight excluding hydrogens is 379 g/mol. The van der Waals surface area contributed by atoms with Crippen LogP contribution in [0, 0.1) is 18.7 Å². The lowest BCUT2D eigenvalue weighted by atomic mass is 9.98. The highest BCUT2D eigenvalue weighted by atomic mass is 32.1. The minimum absolute atomic E-state index is 0.0495. The molecular formula is C20H23FN4O2S. The van der Waals surface area contributed by atoms with Gasteiger partial charge in [-0.05, 0) is 36.6 Å². The molecule has 8 heteroatoms. The van der Waals surface area contributed by atoms with Crippen LogP contribution >= 0.6 is 11.3 Å². The normalized spacial score (nSPS) is 13.4. The molecule has 3 aromatic rings. The molecule has 0 bridgehead atoms. The summed E-state index contributed by atoms with van der Waals surface area (Å²) in [4.78, 5) is 25.7. The second kappa shape index (κ2) is 8.10. The number of hydrogen-bond donors (Lipinski definition) is 2. The number of nitrogens with zero attached hydrogens (tertiary/aromatic N) is 2. The number of halogens is 1. The van der Waals surface area contributed by atoms with Gasteiger partial charge in [0.1, 0.15) is 16.7 Å². The number of thiophene rings is 1. The van der Waals surface area contributed by atoms with Gasteiger partial charge in [0.2, 0.25) is 5.91 Å². The van der Waals surface area contributed by atoms with Gasteiger partial charge in [0.15, 0.2) is 0 Å². The fourth-order valence-electron chi connectivity index (χ4n) is 3.04. The first-order valence-corrected chi connectivity index (χ1v) is 9.93. The first-order chi connectivity index (χ1) is 13.3. The fraction of sp³-hybridized carbons (Fsp3) is 0.350. The van der Waals surface area contributed by atoms with E-state index in [1.807, 2.05) is 20.8 Å². The molecule has 0 saturated carbocycles. The number of fused-ring (bicyclic) bond motifs is 1. The molecule has 0 aliphatic heterocycles. The van der Waals surface area contributed by atoms with Crippen molar-refractivity contribution in [1.29, 1.82) is 0 Å². The Kier molecular flexibility index (Phi) is 5.79. The first-order valence-electron chi connectivity index (χ1n) is 9.11. The molecule has 148 valence electrons. The van der Waals surface area contributed by atoms with E-state index >= 15 is 0 Å². The van der Waals surface area contributed by atoms with Gasteiger partial charge in [-0.1, -0.05) is 32.4 Å². The Bertz CT molecular complexity index is 1010. The summed E-state index contributed by atoms with van der Waals surface area (Å²) in [6, 6.07) is 7.32. The highest BCUT2D eigenvalue weighted by Crippen LogP contribution is 2.29. The number of nitrogens with one attached hydrogen (secondary N) is 1. The van der Waals surface area contributed by atoms with Crippen LogP contribution in [0.1, 0.15) is 41.2 Å². The summed E-state index contributed by atoms with van der Waals surface area (Å²) < 4.78 is 14.9. The molecule has 0 spiro atoms. The Labute approximate surface area is 166 Å². The summed E-state index contributed by atoms with van der Waals surface area (Å²) >= 11 is 1.31. The zero-order valence-electron chi connectivity index (χ0n) is 16.0. The second-order valence-electron chi connectivity index (χ2n) is 6.94. The van der Waals surface area contributed by atoms with Gasteiger partial charge in [-0.3, -0.25) is 14.3 Å². The van der Waals surface area contributed by atoms with Crippen molar-refractivity contribution in [1.82, 2.24) is 15.1 Å². The van der Waals surface area contributed by atoms with Crippen LogP contribution in [0.2, 0.25) is 0 Å². The third kappa shape index (κ3) is 4.06. The summed E-state index contributed by atoms with van der Waals surface area (Å²) in [7, 11) is 0. The summed E-state index contributed by atoms with van der Waals surface area (Å²) in [5.74, 6) is -1.20. The number of carbonyl (C=O) groups excluding carboxylic acids is 2. The maximum absolute atomic E-state index is 13.1. The SMILES string of the molecule is CCC(C)C(NC(=O)c1cc2c(C)nn(Cc3ccc(F)cc3)c2s1)C(N)=O. The summed E-state index contributed by atoms with van der Waals surface area (Å²) in [5, 5.41) is 8.17. The number of aromatic nitrogens is 2. The third-order valence-electron chi connectivity index (χ3n) is 4.88. The molecule has 2 atom stereocenters. The number of hydrogen-bond acceptors (Lipinski definition) is 4. The fourth-order valence-corrected chi connectivity index (χ4v) is 4.10. The van der Waals surface area contributed by atoms with Crippen molar-refractivity contribution < 1.29 is 14.0 Å². The first kappa shape index (κ1) is 20.0. The number of primary amides is 1. The summed E-state index contributed by atoms with van der Waals surface area (Å²) in [6.07, 6.45) is 0.728. The molecule has 1 aromatic carbocycles. The second-order valence-corrected chi connectivity index (χ2v) is 7.97. The number of carbonyl (C=O) groups is 2. The van der Waals surface area contributed by atoms with E-state index < -0.39 is 11.9 Å². The Balaban J connectivity index is 1.86. The van der Waals surface area contributed by atoms with Gasteiger partial charge in [-0.25, -0.2) is 4.39 Å². The van der Waals surface area contributed by atoms with Crippen LogP contribution in [0.5, 0.6) is 0 Å². The van der Waals surface area contributed by atoms with Gasteiger partial charge in [0.25, 0.3) is 5.91 Å². The third-order valence-corrected chi connectivity index (χ3v) is 6.03. The van der Waals surface area contributed by atoms with Crippen molar-refractivity contribution in [2.24, 2.45) is 11.7 Å². The Morgan fingerprint density at radius 3 is 2.61 bits per heavy atom. The van der Waals surface area contributed by atoms with Gasteiger partial charge < -0.3 is 11.1 Å². The molecule has 6 nitrogen and oxygen atoms in total. The van der Waals surface area contributed by atoms with Gasteiger partial charge in [0, 0.05) is 5.39 Å². The standard InChI is InChI=1S/C20H23FN4O2S/c1-4-11(2)17(18(22)26)23-19(27)16-9-15-12(3)24-25(20(15)28-16)10-13-5-7-14(21)8-6-13/h5-9,11,17H,4,10H2,1-3H3,(H2,22,26)(H,23,27). The molecule has 0 saturated heterocycles. The zero-order valence-corrected chi connectivity index (χ0v) is 16.8. The summed E-state index contributed by atoms with van der Waals surface area (Å²) in [5.41, 5.74) is 7.17. The molecule has 0 aliphatic carbocycles. The van der Waals surface area contributed by atoms with Crippen molar-refractivity contribution >= 4 is 33.4 Å². The summed E-state index contributed by atoms with van der Waals surface area (Å²) in [6.45, 7) is 6.18. The smallest absolute Gasteiger partial charge is 0.262 e. The average Bonchev–Trinajstić information content (AvgIpc) is 3.22. The Hall–Kier alpha value is -2.74. The molecule has 28 heavy (non-hydrogen) atoms. The van der Waals surface area contributed by atoms with Crippen LogP contribution in [-0.4, -0.2) is 27.6 Å². The van der Waals surface area contributed by atoms with E-state index in [9.17, 15) is 14.0 Å². The van der Waals surface area contributed by atoms with Crippen molar-refractivity contribution in [2.45, 2.75) is 39.8 Å². The maximum atomic E-state index is 13.1. The lowest BCUT2D eigenvalue weighted by Gasteiger charge is -2.20.